The third kappa shape index (κ3) is 17.4. The summed E-state index contributed by atoms with van der Waals surface area (Å²) in [6.07, 6.45) is -27.9. The van der Waals surface area contributed by atoms with Crippen molar-refractivity contribution in [1.82, 2.24) is 37.2 Å². The summed E-state index contributed by atoms with van der Waals surface area (Å²) in [7, 11) is 1.46. The molecule has 3 saturated heterocycles. The highest BCUT2D eigenvalue weighted by Crippen LogP contribution is 2.50. The Morgan fingerprint density at radius 1 is 0.667 bits per heavy atom. The summed E-state index contributed by atoms with van der Waals surface area (Å²) in [6, 6.07) is -1.20. The number of aliphatic hydroxyl groups excluding tert-OH is 7. The second-order valence-corrected chi connectivity index (χ2v) is 29.1. The molecule has 37 nitrogen and oxygen atoms in total. The summed E-state index contributed by atoms with van der Waals surface area (Å²) in [5.74, 6) is -17.4. The number of phenolic OH excluding ortho intramolecular Hbond substituents is 3. The van der Waals surface area contributed by atoms with Gasteiger partial charge in [0, 0.05) is 29.2 Å². The Morgan fingerprint density at radius 2 is 1.29 bits per heavy atom. The molecular formula is C72H83Cl2N9O28. The number of carbonyl (C=O) groups excluding carboxylic acids is 8. The van der Waals surface area contributed by atoms with Crippen molar-refractivity contribution in [2.45, 2.75) is 188 Å². The minimum atomic E-state index is -2.43. The number of benzene rings is 5. The van der Waals surface area contributed by atoms with Gasteiger partial charge < -0.3 is 143 Å². The van der Waals surface area contributed by atoms with Gasteiger partial charge in [0.1, 0.15) is 114 Å². The second kappa shape index (κ2) is 33.3. The summed E-state index contributed by atoms with van der Waals surface area (Å²) in [5, 5.41) is 141. The number of Topliss-reactive ketones (excluding diaryl/α,β-unsaturated/α-hetero) is 1. The first-order valence-electron chi connectivity index (χ1n) is 34.9. The first kappa shape index (κ1) is 82.3. The van der Waals surface area contributed by atoms with Crippen LogP contribution in [0, 0.1) is 5.92 Å². The zero-order valence-electron chi connectivity index (χ0n) is 59.8. The minimum Gasteiger partial charge on any atom is -0.508 e. The molecule has 7 amide bonds. The average molecular weight is 1590 g/mol. The molecular weight excluding hydrogens is 1510 g/mol. The number of halogens is 2. The molecule has 8 heterocycles. The Bertz CT molecular complexity index is 4460. The Hall–Kier alpha value is -9.65. The topological polar surface area (TPSA) is 586 Å². The van der Waals surface area contributed by atoms with Gasteiger partial charge in [0.15, 0.2) is 42.0 Å². The molecule has 1 unspecified atom stereocenters. The van der Waals surface area contributed by atoms with E-state index in [1.165, 1.54) is 40.0 Å². The molecule has 0 aliphatic carbocycles. The molecule has 22 N–H and O–H groups in total. The quantitative estimate of drug-likeness (QED) is 0.0608. The van der Waals surface area contributed by atoms with Crippen molar-refractivity contribution in [3.05, 3.63) is 117 Å². The predicted molar refractivity (Wildman–Crippen MR) is 380 cm³/mol. The Kier molecular flexibility index (Phi) is 24.7. The van der Waals surface area contributed by atoms with Crippen LogP contribution in [0.25, 0.3) is 11.1 Å². The van der Waals surface area contributed by atoms with Crippen LogP contribution in [0.4, 0.5) is 0 Å². The number of carboxylic acid groups (broad SMARTS) is 1. The number of hydrogen-bond donors (Lipinski definition) is 20. The second-order valence-electron chi connectivity index (χ2n) is 28.3. The van der Waals surface area contributed by atoms with Gasteiger partial charge in [-0.15, -0.1) is 0 Å². The highest BCUT2D eigenvalue weighted by Gasteiger charge is 2.53. The molecule has 22 atom stereocenters. The van der Waals surface area contributed by atoms with Crippen molar-refractivity contribution < 1.29 is 137 Å². The number of aromatic hydroxyl groups is 3. The fourth-order valence-electron chi connectivity index (χ4n) is 13.8. The molecule has 11 bridgehead atoms. The van der Waals surface area contributed by atoms with Gasteiger partial charge in [-0.25, -0.2) is 4.79 Å². The van der Waals surface area contributed by atoms with Gasteiger partial charge in [-0.1, -0.05) is 55.2 Å². The zero-order valence-corrected chi connectivity index (χ0v) is 61.3. The van der Waals surface area contributed by atoms with Gasteiger partial charge in [-0.2, -0.15) is 0 Å². The number of ketones is 1. The fourth-order valence-corrected chi connectivity index (χ4v) is 14.2. The number of ether oxygens (including phenoxy) is 8. The summed E-state index contributed by atoms with van der Waals surface area (Å²) in [5.41, 5.74) is 7.58. The van der Waals surface area contributed by atoms with E-state index in [2.05, 4.69) is 37.2 Å². The number of rotatable bonds is 15. The Balaban J connectivity index is 1.19. The van der Waals surface area contributed by atoms with Crippen LogP contribution in [0.1, 0.15) is 112 Å². The van der Waals surface area contributed by atoms with Gasteiger partial charge in [-0.05, 0) is 117 Å². The van der Waals surface area contributed by atoms with E-state index in [1.807, 2.05) is 0 Å². The average Bonchev–Trinajstić information content (AvgIpc) is 0.784. The number of hydrogen-bond acceptors (Lipinski definition) is 29. The molecule has 0 radical (unpaired) electrons. The SMILES string of the molecule is CN[C@H](CC(C)C)C(=O)N[C@H]1C(=O)NC(CC(N)=O)C(=O)N[C@H]2C(=O)N[C@H]3C(=O)N[C@H](C(=O)N[C@@H](C(=O)O)c4cc(O)cc(O)c4-c4cc3ccc4O)[C@H](O[C@H]3C[C@](C)(N)C(=O)[C@H](C)O3)c3ccc(c(Cl)c3)Oc3cc2cc(c3O[C@@H]2O[C@H](CO)[C@@H](O)[C@H](O)[C@H]2O[C@@H]2O[C@@H](C)[C@H](O)[C@@H](O)[C@H]2O)Oc2ccc(cc2Cl)[C@H]1O. The third-order valence-electron chi connectivity index (χ3n) is 19.6. The van der Waals surface area contributed by atoms with Crippen LogP contribution in [0.3, 0.4) is 0 Å². The summed E-state index contributed by atoms with van der Waals surface area (Å²) >= 11 is 14.4. The summed E-state index contributed by atoms with van der Waals surface area (Å²) in [6.45, 7) is 6.55. The number of fused-ring (bicyclic) bond motifs is 15. The van der Waals surface area contributed by atoms with Crippen molar-refractivity contribution in [2.75, 3.05) is 13.7 Å². The molecule has 8 aliphatic rings. The summed E-state index contributed by atoms with van der Waals surface area (Å²) < 4.78 is 50.6. The number of carboxylic acids is 1. The lowest BCUT2D eigenvalue weighted by Gasteiger charge is -2.45. The predicted octanol–water partition coefficient (Wildman–Crippen LogP) is -0.834. The maximum absolute atomic E-state index is 16.3. The van der Waals surface area contributed by atoms with Crippen molar-refractivity contribution in [3.8, 4) is 57.1 Å². The first-order valence-corrected chi connectivity index (χ1v) is 35.6. The van der Waals surface area contributed by atoms with Gasteiger partial charge in [0.25, 0.3) is 0 Å². The molecule has 111 heavy (non-hydrogen) atoms. The lowest BCUT2D eigenvalue weighted by molar-refractivity contribution is -0.354. The molecule has 0 spiro atoms. The van der Waals surface area contributed by atoms with Crippen LogP contribution in [-0.4, -0.2) is 226 Å². The maximum Gasteiger partial charge on any atom is 0.330 e. The molecule has 39 heteroatoms. The molecule has 8 aliphatic heterocycles. The van der Waals surface area contributed by atoms with Crippen molar-refractivity contribution in [2.24, 2.45) is 17.4 Å². The lowest BCUT2D eigenvalue weighted by Crippen LogP contribution is -2.64. The van der Waals surface area contributed by atoms with Crippen molar-refractivity contribution in [3.63, 3.8) is 0 Å². The fraction of sp³-hybridized carbons (Fsp3) is 0.458. The standard InChI is InChI=1S/C72H83Cl2N9O28/c1-24(2)13-36(77-6)63(96)82-51-54(90)28-8-11-40(34(73)15-28)106-42-17-30-18-43(60(42)110-71-61(57(93)55(91)44(23-84)108-71)111-70-58(94)56(92)53(89)25(3)105-70)107-41-12-9-29(16-35(41)74)59(109-46-22-72(5,76)62(95)26(4)104-46)52-68(101)81-50(69(102)103)33-19-31(85)20-39(87)47(33)32-14-27(7-10-38(32)86)48(65(98)83-52)80-66(99)49(30)79-64(97)37(21-45(75)88)78-67(51)100/h7-12,14-20,24-26,36-37,44,46,48-59,61,70-71,77,84-87,89-94H,13,21-23,76H2,1-6H3,(H2,75,88)(H,78,100)(H,79,97)(H,80,99)(H,81,101)(H,82,96)(H,83,98)(H,102,103)/t25-,26-,36+,37?,44+,46-,48+,49+,50+,51+,52-,53-,54+,55+,56+,57-,58+,59+,61+,70-,71-,72-/m0/s1. The van der Waals surface area contributed by atoms with E-state index in [-0.39, 0.29) is 23.5 Å². The van der Waals surface area contributed by atoms with Crippen LogP contribution in [-0.2, 0) is 66.8 Å². The number of likely N-dealkylation sites (N-methyl/N-ethyl adjacent to an activating group) is 1. The monoisotopic (exact) mass is 1590 g/mol. The molecule has 5 aromatic rings. The van der Waals surface area contributed by atoms with E-state index in [4.69, 9.17) is 72.6 Å². The van der Waals surface area contributed by atoms with E-state index < -0.39 is 290 Å². The van der Waals surface area contributed by atoms with Gasteiger partial charge in [-0.3, -0.25) is 38.4 Å². The van der Waals surface area contributed by atoms with E-state index in [0.29, 0.717) is 0 Å². The largest absolute Gasteiger partial charge is 0.508 e. The van der Waals surface area contributed by atoms with Crippen LogP contribution < -0.4 is 62.9 Å². The summed E-state index contributed by atoms with van der Waals surface area (Å²) in [4.78, 5) is 133. The molecule has 3 fully saturated rings. The molecule has 0 aromatic heterocycles. The number of primary amides is 1. The highest BCUT2D eigenvalue weighted by molar-refractivity contribution is 6.32. The molecule has 0 saturated carbocycles. The Labute approximate surface area is 640 Å². The zero-order chi connectivity index (χ0) is 80.8. The number of nitrogens with one attached hydrogen (secondary N) is 7. The van der Waals surface area contributed by atoms with Crippen LogP contribution in [0.5, 0.6) is 46.0 Å². The van der Waals surface area contributed by atoms with Gasteiger partial charge in [0.05, 0.1) is 40.8 Å². The van der Waals surface area contributed by atoms with Crippen LogP contribution in [0.15, 0.2) is 78.9 Å². The van der Waals surface area contributed by atoms with Crippen molar-refractivity contribution >= 4 is 76.3 Å². The Morgan fingerprint density at radius 3 is 1.90 bits per heavy atom. The molecule has 13 rings (SSSR count). The number of phenols is 3. The number of aliphatic carboxylic acids is 1. The van der Waals surface area contributed by atoms with Crippen LogP contribution >= 0.6 is 23.2 Å². The third-order valence-corrected chi connectivity index (χ3v) is 20.2. The first-order chi connectivity index (χ1) is 52.4. The van der Waals surface area contributed by atoms with E-state index in [1.54, 1.807) is 13.8 Å². The van der Waals surface area contributed by atoms with Gasteiger partial charge in [0.2, 0.25) is 53.4 Å². The maximum atomic E-state index is 16.3. The smallest absolute Gasteiger partial charge is 0.330 e. The van der Waals surface area contributed by atoms with E-state index in [9.17, 15) is 80.1 Å². The number of aliphatic hydroxyl groups is 7. The minimum absolute atomic E-state index is 0.126. The van der Waals surface area contributed by atoms with Crippen molar-refractivity contribution in [1.29, 1.82) is 0 Å². The highest BCUT2D eigenvalue weighted by atomic mass is 35.5. The van der Waals surface area contributed by atoms with E-state index in [0.717, 1.165) is 66.7 Å². The van der Waals surface area contributed by atoms with E-state index >= 15 is 19.2 Å². The number of carbonyl (C=O) groups is 9. The van der Waals surface area contributed by atoms with Crippen LogP contribution in [0.2, 0.25) is 10.0 Å². The number of nitrogens with two attached hydrogens (primary N) is 2. The normalized spacial score (nSPS) is 31.4. The lowest BCUT2D eigenvalue weighted by atomic mass is 9.88. The van der Waals surface area contributed by atoms with Gasteiger partial charge >= 0.3 is 5.97 Å². The number of amides is 7. The molecule has 5 aromatic carbocycles. The molecule has 598 valence electrons.